The van der Waals surface area contributed by atoms with Crippen molar-refractivity contribution in [2.75, 3.05) is 0 Å². The topological polar surface area (TPSA) is 26.0 Å². The van der Waals surface area contributed by atoms with Gasteiger partial charge >= 0.3 is 0 Å². The summed E-state index contributed by atoms with van der Waals surface area (Å²) in [6, 6.07) is 13.1. The van der Waals surface area contributed by atoms with E-state index in [-0.39, 0.29) is 11.9 Å². The van der Waals surface area contributed by atoms with Gasteiger partial charge in [0.2, 0.25) is 0 Å². The van der Waals surface area contributed by atoms with Gasteiger partial charge in [0.1, 0.15) is 5.82 Å². The SMILES string of the molecule is CCc1ccc(C(N)Cc2ccccc2F)cc1CC. The monoisotopic (exact) mass is 271 g/mol. The highest BCUT2D eigenvalue weighted by molar-refractivity contribution is 5.34. The summed E-state index contributed by atoms with van der Waals surface area (Å²) in [5.74, 6) is -0.177. The predicted octanol–water partition coefficient (Wildman–Crippen LogP) is 4.19. The highest BCUT2D eigenvalue weighted by Gasteiger charge is 2.11. The van der Waals surface area contributed by atoms with Crippen LogP contribution in [0.2, 0.25) is 0 Å². The molecule has 0 saturated carbocycles. The largest absolute Gasteiger partial charge is 0.324 e. The molecule has 2 rings (SSSR count). The molecule has 0 amide bonds. The Balaban J connectivity index is 2.21. The average molecular weight is 271 g/mol. The van der Waals surface area contributed by atoms with Crippen LogP contribution in [0.5, 0.6) is 0 Å². The van der Waals surface area contributed by atoms with Gasteiger partial charge in [-0.15, -0.1) is 0 Å². The fourth-order valence-corrected chi connectivity index (χ4v) is 2.57. The Labute approximate surface area is 120 Å². The summed E-state index contributed by atoms with van der Waals surface area (Å²) in [5, 5.41) is 0. The first-order valence-corrected chi connectivity index (χ1v) is 7.26. The Morgan fingerprint density at radius 3 is 2.30 bits per heavy atom. The third-order valence-electron chi connectivity index (χ3n) is 3.82. The third kappa shape index (κ3) is 3.26. The van der Waals surface area contributed by atoms with Crippen LogP contribution in [0.15, 0.2) is 42.5 Å². The Morgan fingerprint density at radius 2 is 1.65 bits per heavy atom. The fraction of sp³-hybridized carbons (Fsp3) is 0.333. The molecule has 0 aromatic heterocycles. The quantitative estimate of drug-likeness (QED) is 0.867. The van der Waals surface area contributed by atoms with Crippen molar-refractivity contribution in [3.8, 4) is 0 Å². The fourth-order valence-electron chi connectivity index (χ4n) is 2.57. The summed E-state index contributed by atoms with van der Waals surface area (Å²) in [6.07, 6.45) is 2.57. The molecule has 0 saturated heterocycles. The van der Waals surface area contributed by atoms with Crippen LogP contribution in [0.4, 0.5) is 4.39 Å². The van der Waals surface area contributed by atoms with Crippen molar-refractivity contribution in [3.63, 3.8) is 0 Å². The maximum absolute atomic E-state index is 13.7. The van der Waals surface area contributed by atoms with Crippen molar-refractivity contribution in [2.24, 2.45) is 5.73 Å². The van der Waals surface area contributed by atoms with E-state index >= 15 is 0 Å². The molecular weight excluding hydrogens is 249 g/mol. The second-order valence-electron chi connectivity index (χ2n) is 5.14. The van der Waals surface area contributed by atoms with Crippen LogP contribution in [-0.2, 0) is 19.3 Å². The van der Waals surface area contributed by atoms with Crippen LogP contribution in [0.3, 0.4) is 0 Å². The number of rotatable bonds is 5. The van der Waals surface area contributed by atoms with Crippen LogP contribution in [0, 0.1) is 5.82 Å². The standard InChI is InChI=1S/C18H22FN/c1-3-13-9-10-16(11-14(13)4-2)18(20)12-15-7-5-6-8-17(15)19/h5-11,18H,3-4,12,20H2,1-2H3. The molecule has 0 aliphatic rings. The van der Waals surface area contributed by atoms with E-state index in [1.165, 1.54) is 17.2 Å². The molecule has 2 heteroatoms. The molecule has 0 fully saturated rings. The number of aryl methyl sites for hydroxylation is 2. The zero-order chi connectivity index (χ0) is 14.5. The molecule has 0 spiro atoms. The van der Waals surface area contributed by atoms with Crippen LogP contribution < -0.4 is 5.73 Å². The van der Waals surface area contributed by atoms with Crippen molar-refractivity contribution >= 4 is 0 Å². The molecule has 0 radical (unpaired) electrons. The lowest BCUT2D eigenvalue weighted by atomic mass is 9.94. The minimum absolute atomic E-state index is 0.164. The molecule has 1 atom stereocenters. The zero-order valence-corrected chi connectivity index (χ0v) is 12.2. The highest BCUT2D eigenvalue weighted by Crippen LogP contribution is 2.21. The minimum Gasteiger partial charge on any atom is -0.324 e. The van der Waals surface area contributed by atoms with Crippen molar-refractivity contribution in [2.45, 2.75) is 39.2 Å². The van der Waals surface area contributed by atoms with E-state index in [1.807, 2.05) is 6.07 Å². The molecule has 2 N–H and O–H groups in total. The second kappa shape index (κ2) is 6.67. The normalized spacial score (nSPS) is 12.4. The van der Waals surface area contributed by atoms with Gasteiger partial charge in [-0.3, -0.25) is 0 Å². The number of benzene rings is 2. The summed E-state index contributed by atoms with van der Waals surface area (Å²) >= 11 is 0. The molecule has 2 aromatic carbocycles. The van der Waals surface area contributed by atoms with Gasteiger partial charge in [-0.2, -0.15) is 0 Å². The Kier molecular flexibility index (Phi) is 4.91. The van der Waals surface area contributed by atoms with E-state index in [1.54, 1.807) is 12.1 Å². The third-order valence-corrected chi connectivity index (χ3v) is 3.82. The van der Waals surface area contributed by atoms with E-state index in [2.05, 4.69) is 32.0 Å². The van der Waals surface area contributed by atoms with E-state index in [9.17, 15) is 4.39 Å². The lowest BCUT2D eigenvalue weighted by Gasteiger charge is -2.15. The number of hydrogen-bond donors (Lipinski definition) is 1. The first kappa shape index (κ1) is 14.7. The molecule has 1 nitrogen and oxygen atoms in total. The molecule has 1 unspecified atom stereocenters. The lowest BCUT2D eigenvalue weighted by molar-refractivity contribution is 0.593. The Morgan fingerprint density at radius 1 is 0.950 bits per heavy atom. The van der Waals surface area contributed by atoms with Gasteiger partial charge in [0.05, 0.1) is 0 Å². The van der Waals surface area contributed by atoms with E-state index in [0.717, 1.165) is 18.4 Å². The van der Waals surface area contributed by atoms with Crippen LogP contribution >= 0.6 is 0 Å². The highest BCUT2D eigenvalue weighted by atomic mass is 19.1. The number of nitrogens with two attached hydrogens (primary N) is 1. The smallest absolute Gasteiger partial charge is 0.126 e. The average Bonchev–Trinajstić information content (AvgIpc) is 2.48. The molecule has 106 valence electrons. The van der Waals surface area contributed by atoms with E-state index in [0.29, 0.717) is 12.0 Å². The van der Waals surface area contributed by atoms with E-state index in [4.69, 9.17) is 5.73 Å². The van der Waals surface area contributed by atoms with Crippen molar-refractivity contribution in [1.82, 2.24) is 0 Å². The summed E-state index contributed by atoms with van der Waals surface area (Å²) in [6.45, 7) is 4.31. The molecule has 0 heterocycles. The first-order chi connectivity index (χ1) is 9.65. The van der Waals surface area contributed by atoms with Crippen molar-refractivity contribution < 1.29 is 4.39 Å². The van der Waals surface area contributed by atoms with Gasteiger partial charge in [0.25, 0.3) is 0 Å². The maximum Gasteiger partial charge on any atom is 0.126 e. The predicted molar refractivity (Wildman–Crippen MR) is 82.2 cm³/mol. The van der Waals surface area contributed by atoms with Gasteiger partial charge in [0, 0.05) is 6.04 Å². The number of halogens is 1. The lowest BCUT2D eigenvalue weighted by Crippen LogP contribution is -2.14. The zero-order valence-electron chi connectivity index (χ0n) is 12.2. The van der Waals surface area contributed by atoms with Crippen LogP contribution in [0.25, 0.3) is 0 Å². The minimum atomic E-state index is -0.177. The summed E-state index contributed by atoms with van der Waals surface area (Å²) < 4.78 is 13.7. The van der Waals surface area contributed by atoms with Crippen LogP contribution in [0.1, 0.15) is 42.1 Å². The Hall–Kier alpha value is -1.67. The molecule has 2 aromatic rings. The molecule has 0 aliphatic carbocycles. The number of hydrogen-bond acceptors (Lipinski definition) is 1. The van der Waals surface area contributed by atoms with Gasteiger partial charge in [-0.05, 0) is 47.6 Å². The summed E-state index contributed by atoms with van der Waals surface area (Å²) in [7, 11) is 0. The van der Waals surface area contributed by atoms with Gasteiger partial charge in [-0.1, -0.05) is 50.2 Å². The molecule has 20 heavy (non-hydrogen) atoms. The molecular formula is C18H22FN. The van der Waals surface area contributed by atoms with Crippen LogP contribution in [-0.4, -0.2) is 0 Å². The molecule has 0 bridgehead atoms. The van der Waals surface area contributed by atoms with Crippen molar-refractivity contribution in [1.29, 1.82) is 0 Å². The first-order valence-electron chi connectivity index (χ1n) is 7.26. The van der Waals surface area contributed by atoms with E-state index < -0.39 is 0 Å². The van der Waals surface area contributed by atoms with Gasteiger partial charge in [-0.25, -0.2) is 4.39 Å². The van der Waals surface area contributed by atoms with Gasteiger partial charge < -0.3 is 5.73 Å². The Bertz CT molecular complexity index is 577. The maximum atomic E-state index is 13.7. The van der Waals surface area contributed by atoms with Crippen molar-refractivity contribution in [3.05, 3.63) is 70.5 Å². The molecule has 0 aliphatic heterocycles. The summed E-state index contributed by atoms with van der Waals surface area (Å²) in [5.41, 5.74) is 10.7. The second-order valence-corrected chi connectivity index (χ2v) is 5.14. The van der Waals surface area contributed by atoms with Gasteiger partial charge in [0.15, 0.2) is 0 Å². The summed E-state index contributed by atoms with van der Waals surface area (Å²) in [4.78, 5) is 0.